The predicted octanol–water partition coefficient (Wildman–Crippen LogP) is 5.23. The summed E-state index contributed by atoms with van der Waals surface area (Å²) in [6.45, 7) is 6.25. The molecule has 0 radical (unpaired) electrons. The molecule has 4 aromatic rings. The number of nitriles is 1. The Morgan fingerprint density at radius 3 is 2.51 bits per heavy atom. The number of nitrogens with zero attached hydrogens (tertiary/aromatic N) is 5. The van der Waals surface area contributed by atoms with Crippen molar-refractivity contribution in [1.29, 1.82) is 5.26 Å². The van der Waals surface area contributed by atoms with Crippen molar-refractivity contribution in [3.8, 4) is 22.9 Å². The Morgan fingerprint density at radius 1 is 1.16 bits per heavy atom. The summed E-state index contributed by atoms with van der Waals surface area (Å²) in [7, 11) is 0. The first kappa shape index (κ1) is 29.8. The van der Waals surface area contributed by atoms with Gasteiger partial charge in [-0.05, 0) is 63.9 Å². The summed E-state index contributed by atoms with van der Waals surface area (Å²) in [4.78, 5) is 19.6. The van der Waals surface area contributed by atoms with Crippen LogP contribution in [0.3, 0.4) is 0 Å². The summed E-state index contributed by atoms with van der Waals surface area (Å²) in [5.74, 6) is 0.429. The van der Waals surface area contributed by atoms with Crippen LogP contribution in [-0.4, -0.2) is 56.4 Å². The molecule has 5 rings (SSSR count). The van der Waals surface area contributed by atoms with Crippen LogP contribution in [0.4, 0.5) is 19.0 Å². The first-order valence-corrected chi connectivity index (χ1v) is 13.7. The molecule has 1 fully saturated rings. The summed E-state index contributed by atoms with van der Waals surface area (Å²) in [5.41, 5.74) is -0.656. The molecule has 0 atom stereocenters. The van der Waals surface area contributed by atoms with Gasteiger partial charge in [-0.3, -0.25) is 4.79 Å². The molecule has 0 saturated carbocycles. The molecular weight excluding hydrogens is 561 g/mol. The van der Waals surface area contributed by atoms with E-state index in [-0.39, 0.29) is 6.61 Å². The van der Waals surface area contributed by atoms with Gasteiger partial charge in [0.25, 0.3) is 5.91 Å². The monoisotopic (exact) mass is 592 g/mol. The second-order valence-electron chi connectivity index (χ2n) is 11.6. The molecule has 9 nitrogen and oxygen atoms in total. The fourth-order valence-corrected chi connectivity index (χ4v) is 5.09. The average molecular weight is 593 g/mol. The number of hydrogen-bond acceptors (Lipinski definition) is 7. The van der Waals surface area contributed by atoms with Gasteiger partial charge in [0.2, 0.25) is 0 Å². The van der Waals surface area contributed by atoms with E-state index in [4.69, 9.17) is 4.74 Å². The van der Waals surface area contributed by atoms with Crippen molar-refractivity contribution in [3.63, 3.8) is 0 Å². The summed E-state index contributed by atoms with van der Waals surface area (Å²) in [6.07, 6.45) is 1.23. The molecule has 0 aliphatic carbocycles. The lowest BCUT2D eigenvalue weighted by molar-refractivity contribution is -0.138. The smallest absolute Gasteiger partial charge is 0.417 e. The van der Waals surface area contributed by atoms with Crippen molar-refractivity contribution in [3.05, 3.63) is 77.7 Å². The number of carbonyl (C=O) groups excluding carboxylic acids is 1. The van der Waals surface area contributed by atoms with Crippen LogP contribution in [-0.2, 0) is 6.18 Å². The van der Waals surface area contributed by atoms with Gasteiger partial charge >= 0.3 is 6.18 Å². The van der Waals surface area contributed by atoms with Crippen LogP contribution in [0.25, 0.3) is 16.6 Å². The van der Waals surface area contributed by atoms with Crippen LogP contribution in [0, 0.1) is 11.3 Å². The number of halogens is 3. The molecule has 1 aliphatic heterocycles. The zero-order valence-electron chi connectivity index (χ0n) is 23.9. The molecule has 0 unspecified atom stereocenters. The van der Waals surface area contributed by atoms with Crippen LogP contribution < -0.4 is 15.0 Å². The largest absolute Gasteiger partial charge is 0.489 e. The summed E-state index contributed by atoms with van der Waals surface area (Å²) < 4.78 is 47.6. The molecule has 0 spiro atoms. The first-order chi connectivity index (χ1) is 20.3. The van der Waals surface area contributed by atoms with E-state index in [1.54, 1.807) is 36.8 Å². The number of alkyl halides is 3. The Kier molecular flexibility index (Phi) is 7.79. The van der Waals surface area contributed by atoms with E-state index < -0.39 is 34.4 Å². The number of carbonyl (C=O) groups is 1. The van der Waals surface area contributed by atoms with Crippen molar-refractivity contribution in [2.24, 2.45) is 0 Å². The Labute approximate surface area is 246 Å². The predicted molar refractivity (Wildman–Crippen MR) is 154 cm³/mol. The maximum Gasteiger partial charge on any atom is 0.417 e. The number of ether oxygens (including phenoxy) is 1. The number of aliphatic hydroxyl groups is 1. The van der Waals surface area contributed by atoms with Crippen LogP contribution in [0.15, 0.2) is 61.1 Å². The van der Waals surface area contributed by atoms with E-state index in [0.29, 0.717) is 54.1 Å². The van der Waals surface area contributed by atoms with Crippen molar-refractivity contribution >= 4 is 17.2 Å². The summed E-state index contributed by atoms with van der Waals surface area (Å²) in [6, 6.07) is 12.5. The second kappa shape index (κ2) is 11.2. The topological polar surface area (TPSA) is 116 Å². The lowest BCUT2D eigenvalue weighted by atomic mass is 9.89. The van der Waals surface area contributed by atoms with Gasteiger partial charge in [0, 0.05) is 36.0 Å². The van der Waals surface area contributed by atoms with Gasteiger partial charge in [0.1, 0.15) is 24.2 Å². The Hall–Kier alpha value is -4.63. The van der Waals surface area contributed by atoms with Crippen LogP contribution >= 0.6 is 0 Å². The maximum absolute atomic E-state index is 13.4. The maximum atomic E-state index is 13.4. The third-order valence-corrected chi connectivity index (χ3v) is 7.44. The number of anilines is 1. The molecule has 1 aromatic carbocycles. The summed E-state index contributed by atoms with van der Waals surface area (Å²) >= 11 is 0. The van der Waals surface area contributed by atoms with E-state index in [1.807, 2.05) is 19.1 Å². The fourth-order valence-electron chi connectivity index (χ4n) is 5.09. The van der Waals surface area contributed by atoms with Crippen molar-refractivity contribution in [1.82, 2.24) is 19.9 Å². The molecule has 1 saturated heterocycles. The van der Waals surface area contributed by atoms with Crippen LogP contribution in [0.1, 0.15) is 55.1 Å². The molecule has 3 aromatic heterocycles. The number of hydrogen-bond donors (Lipinski definition) is 2. The quantitative estimate of drug-likeness (QED) is 0.302. The van der Waals surface area contributed by atoms with Gasteiger partial charge in [-0.2, -0.15) is 23.5 Å². The lowest BCUT2D eigenvalue weighted by Crippen LogP contribution is -2.53. The zero-order valence-corrected chi connectivity index (χ0v) is 23.9. The highest BCUT2D eigenvalue weighted by Crippen LogP contribution is 2.34. The minimum Gasteiger partial charge on any atom is -0.489 e. The SMILES string of the molecule is CC(C)(O)COc1cc(-c2ccc(N3CCC(C)(NC(=O)c4ccccc4C(F)(F)F)CC3)nc2)c2c(C#N)cnn2c1. The highest BCUT2D eigenvalue weighted by Gasteiger charge is 2.37. The Bertz CT molecular complexity index is 1680. The molecule has 43 heavy (non-hydrogen) atoms. The molecule has 224 valence electrons. The molecule has 2 N–H and O–H groups in total. The van der Waals surface area contributed by atoms with E-state index in [0.717, 1.165) is 11.6 Å². The van der Waals surface area contributed by atoms with Crippen LogP contribution in [0.2, 0.25) is 0 Å². The van der Waals surface area contributed by atoms with Gasteiger partial charge in [0.05, 0.1) is 40.2 Å². The molecule has 1 amide bonds. The Balaban J connectivity index is 1.31. The highest BCUT2D eigenvalue weighted by molar-refractivity contribution is 5.96. The number of pyridine rings is 2. The number of aromatic nitrogens is 3. The van der Waals surface area contributed by atoms with E-state index in [9.17, 15) is 28.3 Å². The van der Waals surface area contributed by atoms with E-state index in [2.05, 4.69) is 26.4 Å². The van der Waals surface area contributed by atoms with Gasteiger partial charge in [-0.1, -0.05) is 12.1 Å². The van der Waals surface area contributed by atoms with Crippen LogP contribution in [0.5, 0.6) is 5.75 Å². The third-order valence-electron chi connectivity index (χ3n) is 7.44. The number of rotatable bonds is 7. The standard InChI is InChI=1S/C31H31F3N6O3/c1-29(2,42)19-43-22-14-24(27-21(15-35)17-37-40(27)18-22)20-8-9-26(36-16-20)39-12-10-30(3,11-13-39)38-28(41)23-6-4-5-7-25(23)31(32,33)34/h4-9,14,16-18,42H,10-13,19H2,1-3H3,(H,38,41). The molecular formula is C31H31F3N6O3. The average Bonchev–Trinajstić information content (AvgIpc) is 3.38. The van der Waals surface area contributed by atoms with Gasteiger partial charge in [-0.15, -0.1) is 0 Å². The van der Waals surface area contributed by atoms with Gasteiger partial charge < -0.3 is 20.1 Å². The number of nitrogens with one attached hydrogen (secondary N) is 1. The lowest BCUT2D eigenvalue weighted by Gasteiger charge is -2.40. The second-order valence-corrected chi connectivity index (χ2v) is 11.6. The molecule has 4 heterocycles. The fraction of sp³-hybridized carbons (Fsp3) is 0.355. The van der Waals surface area contributed by atoms with E-state index >= 15 is 0 Å². The number of piperidine rings is 1. The number of fused-ring (bicyclic) bond motifs is 1. The van der Waals surface area contributed by atoms with Gasteiger partial charge in [-0.25, -0.2) is 9.50 Å². The van der Waals surface area contributed by atoms with Gasteiger partial charge in [0.15, 0.2) is 0 Å². The third kappa shape index (κ3) is 6.57. The number of amides is 1. The highest BCUT2D eigenvalue weighted by atomic mass is 19.4. The number of benzene rings is 1. The van der Waals surface area contributed by atoms with Crippen molar-refractivity contribution in [2.45, 2.75) is 50.9 Å². The van der Waals surface area contributed by atoms with E-state index in [1.165, 1.54) is 24.4 Å². The molecule has 1 aliphatic rings. The molecule has 12 heteroatoms. The first-order valence-electron chi connectivity index (χ1n) is 13.7. The van der Waals surface area contributed by atoms with Crippen molar-refractivity contribution < 1.29 is 27.8 Å². The normalized spacial score (nSPS) is 15.3. The zero-order chi connectivity index (χ0) is 31.0. The van der Waals surface area contributed by atoms with Crippen molar-refractivity contribution in [2.75, 3.05) is 24.6 Å². The Morgan fingerprint density at radius 2 is 1.88 bits per heavy atom. The minimum absolute atomic E-state index is 0.0602. The summed E-state index contributed by atoms with van der Waals surface area (Å²) in [5, 5.41) is 26.8. The minimum atomic E-state index is -4.62. The molecule has 0 bridgehead atoms.